The van der Waals surface area contributed by atoms with E-state index in [-0.39, 0.29) is 12.3 Å². The van der Waals surface area contributed by atoms with E-state index in [9.17, 15) is 9.18 Å². The SMILES string of the molecule is CCOC(=O)c1nnn(Cc2ccc(F)cc2Cl)c1C. The summed E-state index contributed by atoms with van der Waals surface area (Å²) in [5.41, 5.74) is 1.44. The van der Waals surface area contributed by atoms with Crippen LogP contribution in [0.5, 0.6) is 0 Å². The van der Waals surface area contributed by atoms with Crippen molar-refractivity contribution < 1.29 is 13.9 Å². The molecule has 106 valence electrons. The molecule has 0 atom stereocenters. The lowest BCUT2D eigenvalue weighted by molar-refractivity contribution is 0.0518. The molecule has 2 aromatic rings. The van der Waals surface area contributed by atoms with Gasteiger partial charge in [-0.25, -0.2) is 13.9 Å². The zero-order chi connectivity index (χ0) is 14.7. The van der Waals surface area contributed by atoms with E-state index < -0.39 is 11.8 Å². The fourth-order valence-electron chi connectivity index (χ4n) is 1.71. The predicted octanol–water partition coefficient (Wildman–Crippen LogP) is 2.60. The lowest BCUT2D eigenvalue weighted by Gasteiger charge is -2.06. The van der Waals surface area contributed by atoms with Crippen LogP contribution < -0.4 is 0 Å². The third-order valence-electron chi connectivity index (χ3n) is 2.79. The Hall–Kier alpha value is -1.95. The van der Waals surface area contributed by atoms with Crippen molar-refractivity contribution in [1.29, 1.82) is 0 Å². The fourth-order valence-corrected chi connectivity index (χ4v) is 1.94. The maximum absolute atomic E-state index is 13.0. The number of carbonyl (C=O) groups excluding carboxylic acids is 1. The molecule has 5 nitrogen and oxygen atoms in total. The Morgan fingerprint density at radius 2 is 2.25 bits per heavy atom. The first kappa shape index (κ1) is 14.5. The van der Waals surface area contributed by atoms with E-state index in [0.29, 0.717) is 22.8 Å². The molecule has 0 N–H and O–H groups in total. The first-order valence-electron chi connectivity index (χ1n) is 6.04. The molecule has 1 aromatic carbocycles. The highest BCUT2D eigenvalue weighted by Gasteiger charge is 2.18. The van der Waals surface area contributed by atoms with Gasteiger partial charge >= 0.3 is 5.97 Å². The van der Waals surface area contributed by atoms with Crippen molar-refractivity contribution in [2.45, 2.75) is 20.4 Å². The van der Waals surface area contributed by atoms with Crippen LogP contribution in [0.15, 0.2) is 18.2 Å². The summed E-state index contributed by atoms with van der Waals surface area (Å²) in [7, 11) is 0. The number of esters is 1. The highest BCUT2D eigenvalue weighted by atomic mass is 35.5. The van der Waals surface area contributed by atoms with Gasteiger partial charge in [-0.1, -0.05) is 22.9 Å². The molecule has 0 amide bonds. The summed E-state index contributed by atoms with van der Waals surface area (Å²) in [4.78, 5) is 11.6. The molecule has 20 heavy (non-hydrogen) atoms. The third kappa shape index (κ3) is 2.96. The molecule has 0 aliphatic rings. The number of hydrogen-bond donors (Lipinski definition) is 0. The number of rotatable bonds is 4. The molecule has 1 heterocycles. The standard InChI is InChI=1S/C13H13ClFN3O2/c1-3-20-13(19)12-8(2)18(17-16-12)7-9-4-5-10(15)6-11(9)14/h4-6H,3,7H2,1-2H3. The number of ether oxygens (including phenoxy) is 1. The largest absolute Gasteiger partial charge is 0.461 e. The predicted molar refractivity (Wildman–Crippen MR) is 71.2 cm³/mol. The third-order valence-corrected chi connectivity index (χ3v) is 3.14. The molecule has 0 bridgehead atoms. The first-order chi connectivity index (χ1) is 9.52. The molecular weight excluding hydrogens is 285 g/mol. The molecule has 0 aliphatic carbocycles. The van der Waals surface area contributed by atoms with Crippen molar-refractivity contribution in [2.75, 3.05) is 6.61 Å². The monoisotopic (exact) mass is 297 g/mol. The average Bonchev–Trinajstić information content (AvgIpc) is 2.75. The zero-order valence-electron chi connectivity index (χ0n) is 11.1. The molecule has 0 spiro atoms. The van der Waals surface area contributed by atoms with E-state index in [1.54, 1.807) is 19.9 Å². The summed E-state index contributed by atoms with van der Waals surface area (Å²) in [6.45, 7) is 4.01. The first-order valence-corrected chi connectivity index (χ1v) is 6.41. The summed E-state index contributed by atoms with van der Waals surface area (Å²) in [6.07, 6.45) is 0. The van der Waals surface area contributed by atoms with Gasteiger partial charge in [0.25, 0.3) is 0 Å². The Labute approximate surface area is 120 Å². The van der Waals surface area contributed by atoms with Crippen molar-refractivity contribution in [2.24, 2.45) is 0 Å². The molecule has 0 saturated heterocycles. The van der Waals surface area contributed by atoms with Gasteiger partial charge in [-0.05, 0) is 31.5 Å². The molecule has 0 aliphatic heterocycles. The van der Waals surface area contributed by atoms with E-state index in [2.05, 4.69) is 10.3 Å². The van der Waals surface area contributed by atoms with Gasteiger partial charge in [-0.2, -0.15) is 0 Å². The second-order valence-electron chi connectivity index (χ2n) is 4.14. The number of carbonyl (C=O) groups is 1. The Bertz CT molecular complexity index is 643. The zero-order valence-corrected chi connectivity index (χ0v) is 11.8. The molecule has 2 rings (SSSR count). The van der Waals surface area contributed by atoms with Crippen LogP contribution in [0.2, 0.25) is 5.02 Å². The van der Waals surface area contributed by atoms with Crippen molar-refractivity contribution in [1.82, 2.24) is 15.0 Å². The summed E-state index contributed by atoms with van der Waals surface area (Å²) in [6, 6.07) is 4.12. The van der Waals surface area contributed by atoms with Crippen LogP contribution in [0, 0.1) is 12.7 Å². The minimum Gasteiger partial charge on any atom is -0.461 e. The molecule has 7 heteroatoms. The second kappa shape index (κ2) is 6.00. The van der Waals surface area contributed by atoms with Crippen LogP contribution in [-0.2, 0) is 11.3 Å². The van der Waals surface area contributed by atoms with E-state index in [0.717, 1.165) is 0 Å². The topological polar surface area (TPSA) is 57.0 Å². The smallest absolute Gasteiger partial charge is 0.360 e. The Morgan fingerprint density at radius 3 is 2.90 bits per heavy atom. The number of benzene rings is 1. The molecule has 0 fully saturated rings. The minimum absolute atomic E-state index is 0.171. The van der Waals surface area contributed by atoms with Crippen LogP contribution in [0.1, 0.15) is 28.7 Å². The van der Waals surface area contributed by atoms with E-state index >= 15 is 0 Å². The molecule has 0 unspecified atom stereocenters. The van der Waals surface area contributed by atoms with Gasteiger partial charge in [0, 0.05) is 5.02 Å². The van der Waals surface area contributed by atoms with Gasteiger partial charge in [-0.15, -0.1) is 5.10 Å². The van der Waals surface area contributed by atoms with E-state index in [1.165, 1.54) is 16.8 Å². The van der Waals surface area contributed by atoms with Crippen molar-refractivity contribution in [3.63, 3.8) is 0 Å². The van der Waals surface area contributed by atoms with Gasteiger partial charge in [-0.3, -0.25) is 0 Å². The van der Waals surface area contributed by atoms with E-state index in [4.69, 9.17) is 16.3 Å². The van der Waals surface area contributed by atoms with Crippen molar-refractivity contribution in [3.8, 4) is 0 Å². The Balaban J connectivity index is 2.24. The lowest BCUT2D eigenvalue weighted by Crippen LogP contribution is -2.09. The average molecular weight is 298 g/mol. The number of nitrogens with zero attached hydrogens (tertiary/aromatic N) is 3. The quantitative estimate of drug-likeness (QED) is 0.814. The maximum atomic E-state index is 13.0. The van der Waals surface area contributed by atoms with Gasteiger partial charge in [0.1, 0.15) is 5.82 Å². The highest BCUT2D eigenvalue weighted by molar-refractivity contribution is 6.31. The van der Waals surface area contributed by atoms with Crippen LogP contribution in [0.25, 0.3) is 0 Å². The summed E-state index contributed by atoms with van der Waals surface area (Å²) >= 11 is 5.96. The van der Waals surface area contributed by atoms with Crippen molar-refractivity contribution >= 4 is 17.6 Å². The van der Waals surface area contributed by atoms with Crippen LogP contribution in [0.4, 0.5) is 4.39 Å². The lowest BCUT2D eigenvalue weighted by atomic mass is 10.2. The molecule has 0 radical (unpaired) electrons. The second-order valence-corrected chi connectivity index (χ2v) is 4.54. The number of aromatic nitrogens is 3. The van der Waals surface area contributed by atoms with Crippen LogP contribution >= 0.6 is 11.6 Å². The minimum atomic E-state index is -0.513. The highest BCUT2D eigenvalue weighted by Crippen LogP contribution is 2.19. The summed E-state index contributed by atoms with van der Waals surface area (Å²) in [5.74, 6) is -0.914. The van der Waals surface area contributed by atoms with E-state index in [1.807, 2.05) is 0 Å². The summed E-state index contributed by atoms with van der Waals surface area (Å²) < 4.78 is 19.4. The number of hydrogen-bond acceptors (Lipinski definition) is 4. The normalized spacial score (nSPS) is 10.6. The maximum Gasteiger partial charge on any atom is 0.360 e. The molecule has 1 aromatic heterocycles. The van der Waals surface area contributed by atoms with Gasteiger partial charge in [0.05, 0.1) is 18.8 Å². The summed E-state index contributed by atoms with van der Waals surface area (Å²) in [5, 5.41) is 7.99. The Kier molecular flexibility index (Phi) is 4.34. The Morgan fingerprint density at radius 1 is 1.50 bits per heavy atom. The fraction of sp³-hybridized carbons (Fsp3) is 0.308. The van der Waals surface area contributed by atoms with Crippen LogP contribution in [0.3, 0.4) is 0 Å². The number of halogens is 2. The van der Waals surface area contributed by atoms with Crippen LogP contribution in [-0.4, -0.2) is 27.6 Å². The molecular formula is C13H13ClFN3O2. The van der Waals surface area contributed by atoms with Gasteiger partial charge < -0.3 is 4.74 Å². The van der Waals surface area contributed by atoms with Gasteiger partial charge in [0.2, 0.25) is 0 Å². The van der Waals surface area contributed by atoms with Crippen molar-refractivity contribution in [3.05, 3.63) is 46.0 Å². The van der Waals surface area contributed by atoms with Gasteiger partial charge in [0.15, 0.2) is 5.69 Å². The molecule has 0 saturated carbocycles.